The van der Waals surface area contributed by atoms with Crippen molar-refractivity contribution in [3.05, 3.63) is 35.4 Å². The molecule has 0 aliphatic heterocycles. The number of aryl methyl sites for hydroxylation is 1. The Kier molecular flexibility index (Phi) is 6.26. The first kappa shape index (κ1) is 15.4. The third-order valence-electron chi connectivity index (χ3n) is 3.28. The summed E-state index contributed by atoms with van der Waals surface area (Å²) in [6.07, 6.45) is 4.01. The van der Waals surface area contributed by atoms with Gasteiger partial charge in [0.15, 0.2) is 0 Å². The highest BCUT2D eigenvalue weighted by Crippen LogP contribution is 2.22. The Bertz CT molecular complexity index is 420. The fourth-order valence-electron chi connectivity index (χ4n) is 2.08. The van der Waals surface area contributed by atoms with Crippen molar-refractivity contribution >= 4 is 11.8 Å². The lowest BCUT2D eigenvalue weighted by Crippen LogP contribution is -2.13. The predicted octanol–water partition coefficient (Wildman–Crippen LogP) is 3.57. The molecule has 0 aliphatic carbocycles. The SMILES string of the molecule is CCCCc1ccc(C(CCC(C)=O)C(=O)O)cc1. The zero-order chi connectivity index (χ0) is 14.3. The van der Waals surface area contributed by atoms with E-state index in [-0.39, 0.29) is 5.78 Å². The molecule has 0 saturated heterocycles. The Labute approximate surface area is 114 Å². The van der Waals surface area contributed by atoms with Crippen molar-refractivity contribution in [1.29, 1.82) is 0 Å². The topological polar surface area (TPSA) is 54.4 Å². The first-order valence-corrected chi connectivity index (χ1v) is 6.85. The van der Waals surface area contributed by atoms with E-state index in [0.29, 0.717) is 12.8 Å². The average Bonchev–Trinajstić information content (AvgIpc) is 2.37. The molecule has 0 radical (unpaired) electrons. The van der Waals surface area contributed by atoms with Crippen molar-refractivity contribution in [2.75, 3.05) is 0 Å². The van der Waals surface area contributed by atoms with Crippen LogP contribution in [0.4, 0.5) is 0 Å². The maximum Gasteiger partial charge on any atom is 0.310 e. The number of unbranched alkanes of at least 4 members (excludes halogenated alkanes) is 1. The van der Waals surface area contributed by atoms with E-state index in [4.69, 9.17) is 0 Å². The van der Waals surface area contributed by atoms with Gasteiger partial charge in [0, 0.05) is 6.42 Å². The standard InChI is InChI=1S/C16H22O3/c1-3-4-5-13-7-9-14(10-8-13)15(16(18)19)11-6-12(2)17/h7-10,15H,3-6,11H2,1-2H3,(H,18,19). The molecule has 0 aromatic heterocycles. The molecule has 1 atom stereocenters. The van der Waals surface area contributed by atoms with Crippen LogP contribution in [0.3, 0.4) is 0 Å². The molecule has 0 amide bonds. The van der Waals surface area contributed by atoms with Crippen molar-refractivity contribution in [3.8, 4) is 0 Å². The summed E-state index contributed by atoms with van der Waals surface area (Å²) in [5, 5.41) is 9.24. The number of ketones is 1. The average molecular weight is 262 g/mol. The van der Waals surface area contributed by atoms with Gasteiger partial charge in [-0.3, -0.25) is 4.79 Å². The molecule has 0 aliphatic rings. The van der Waals surface area contributed by atoms with Crippen molar-refractivity contribution in [1.82, 2.24) is 0 Å². The first-order valence-electron chi connectivity index (χ1n) is 6.85. The van der Waals surface area contributed by atoms with Crippen LogP contribution in [0.2, 0.25) is 0 Å². The van der Waals surface area contributed by atoms with E-state index in [0.717, 1.165) is 24.8 Å². The van der Waals surface area contributed by atoms with Gasteiger partial charge in [0.25, 0.3) is 0 Å². The highest BCUT2D eigenvalue weighted by Gasteiger charge is 2.19. The van der Waals surface area contributed by atoms with E-state index in [9.17, 15) is 14.7 Å². The number of aliphatic carboxylic acids is 1. The minimum absolute atomic E-state index is 0.0332. The molecule has 0 heterocycles. The molecule has 0 spiro atoms. The Morgan fingerprint density at radius 2 is 1.84 bits per heavy atom. The van der Waals surface area contributed by atoms with E-state index in [1.54, 1.807) is 0 Å². The maximum absolute atomic E-state index is 11.3. The van der Waals surface area contributed by atoms with Crippen LogP contribution in [-0.2, 0) is 16.0 Å². The third kappa shape index (κ3) is 5.25. The summed E-state index contributed by atoms with van der Waals surface area (Å²) < 4.78 is 0. The largest absolute Gasteiger partial charge is 0.481 e. The molecule has 104 valence electrons. The smallest absolute Gasteiger partial charge is 0.310 e. The highest BCUT2D eigenvalue weighted by molar-refractivity contribution is 5.79. The Balaban J connectivity index is 2.73. The second-order valence-corrected chi connectivity index (χ2v) is 4.98. The van der Waals surface area contributed by atoms with E-state index in [1.165, 1.54) is 12.5 Å². The van der Waals surface area contributed by atoms with Gasteiger partial charge in [0.1, 0.15) is 5.78 Å². The lowest BCUT2D eigenvalue weighted by atomic mass is 9.92. The number of benzene rings is 1. The van der Waals surface area contributed by atoms with Crippen LogP contribution >= 0.6 is 0 Å². The van der Waals surface area contributed by atoms with Crippen molar-refractivity contribution in [2.24, 2.45) is 0 Å². The number of hydrogen-bond acceptors (Lipinski definition) is 2. The molecule has 1 N–H and O–H groups in total. The van der Waals surface area contributed by atoms with Crippen LogP contribution in [0.1, 0.15) is 56.6 Å². The van der Waals surface area contributed by atoms with Gasteiger partial charge in [0.2, 0.25) is 0 Å². The Morgan fingerprint density at radius 3 is 2.32 bits per heavy atom. The van der Waals surface area contributed by atoms with Crippen LogP contribution in [0.15, 0.2) is 24.3 Å². The second-order valence-electron chi connectivity index (χ2n) is 4.98. The summed E-state index contributed by atoms with van der Waals surface area (Å²) in [4.78, 5) is 22.2. The fourth-order valence-corrected chi connectivity index (χ4v) is 2.08. The number of hydrogen-bond donors (Lipinski definition) is 1. The minimum Gasteiger partial charge on any atom is -0.481 e. The van der Waals surface area contributed by atoms with Crippen LogP contribution in [0.5, 0.6) is 0 Å². The molecular weight excluding hydrogens is 240 g/mol. The van der Waals surface area contributed by atoms with Crippen LogP contribution < -0.4 is 0 Å². The van der Waals surface area contributed by atoms with E-state index >= 15 is 0 Å². The first-order chi connectivity index (χ1) is 9.04. The molecule has 0 saturated carbocycles. The highest BCUT2D eigenvalue weighted by atomic mass is 16.4. The zero-order valence-corrected chi connectivity index (χ0v) is 11.7. The van der Waals surface area contributed by atoms with Gasteiger partial charge in [-0.2, -0.15) is 0 Å². The molecule has 0 bridgehead atoms. The summed E-state index contributed by atoms with van der Waals surface area (Å²) in [6.45, 7) is 3.64. The number of rotatable bonds is 8. The number of carboxylic acids is 1. The third-order valence-corrected chi connectivity index (χ3v) is 3.28. The summed E-state index contributed by atoms with van der Waals surface area (Å²) in [5.41, 5.74) is 2.02. The lowest BCUT2D eigenvalue weighted by Gasteiger charge is -2.12. The van der Waals surface area contributed by atoms with Crippen molar-refractivity contribution in [3.63, 3.8) is 0 Å². The second kappa shape index (κ2) is 7.72. The molecule has 3 nitrogen and oxygen atoms in total. The van der Waals surface area contributed by atoms with Gasteiger partial charge < -0.3 is 9.90 Å². The molecule has 19 heavy (non-hydrogen) atoms. The Morgan fingerprint density at radius 1 is 1.21 bits per heavy atom. The van der Waals surface area contributed by atoms with Gasteiger partial charge in [-0.05, 0) is 37.3 Å². The summed E-state index contributed by atoms with van der Waals surface area (Å²) in [7, 11) is 0. The maximum atomic E-state index is 11.3. The van der Waals surface area contributed by atoms with E-state index in [2.05, 4.69) is 6.92 Å². The zero-order valence-electron chi connectivity index (χ0n) is 11.7. The molecule has 3 heteroatoms. The molecule has 1 aromatic carbocycles. The normalized spacial score (nSPS) is 12.1. The van der Waals surface area contributed by atoms with Crippen LogP contribution in [0.25, 0.3) is 0 Å². The summed E-state index contributed by atoms with van der Waals surface area (Å²) in [5.74, 6) is -1.41. The van der Waals surface area contributed by atoms with Crippen molar-refractivity contribution in [2.45, 2.75) is 51.9 Å². The predicted molar refractivity (Wildman–Crippen MR) is 75.3 cm³/mol. The molecule has 1 rings (SSSR count). The summed E-state index contributed by atoms with van der Waals surface area (Å²) >= 11 is 0. The molecular formula is C16H22O3. The molecule has 1 aromatic rings. The van der Waals surface area contributed by atoms with Crippen LogP contribution in [-0.4, -0.2) is 16.9 Å². The monoisotopic (exact) mass is 262 g/mol. The van der Waals surface area contributed by atoms with Gasteiger partial charge >= 0.3 is 5.97 Å². The Hall–Kier alpha value is -1.64. The number of Topliss-reactive ketones (excluding diaryl/α,β-unsaturated/α-hetero) is 1. The van der Waals surface area contributed by atoms with Gasteiger partial charge in [-0.15, -0.1) is 0 Å². The summed E-state index contributed by atoms with van der Waals surface area (Å²) in [6, 6.07) is 7.75. The molecule has 1 unspecified atom stereocenters. The lowest BCUT2D eigenvalue weighted by molar-refractivity contribution is -0.139. The number of carbonyl (C=O) groups excluding carboxylic acids is 1. The van der Waals surface area contributed by atoms with Gasteiger partial charge in [-0.25, -0.2) is 0 Å². The van der Waals surface area contributed by atoms with E-state index < -0.39 is 11.9 Å². The number of carboxylic acid groups (broad SMARTS) is 1. The minimum atomic E-state index is -0.859. The van der Waals surface area contributed by atoms with Crippen LogP contribution in [0, 0.1) is 0 Å². The molecule has 0 fully saturated rings. The van der Waals surface area contributed by atoms with Gasteiger partial charge in [0.05, 0.1) is 5.92 Å². The van der Waals surface area contributed by atoms with Crippen molar-refractivity contribution < 1.29 is 14.7 Å². The van der Waals surface area contributed by atoms with Gasteiger partial charge in [-0.1, -0.05) is 37.6 Å². The number of carbonyl (C=O) groups is 2. The fraction of sp³-hybridized carbons (Fsp3) is 0.500. The van der Waals surface area contributed by atoms with E-state index in [1.807, 2.05) is 24.3 Å². The quantitative estimate of drug-likeness (QED) is 0.779.